The third-order valence-corrected chi connectivity index (χ3v) is 3.36. The average molecular weight is 228 g/mol. The second-order valence-corrected chi connectivity index (χ2v) is 4.82. The summed E-state index contributed by atoms with van der Waals surface area (Å²) in [5.41, 5.74) is 5.28. The lowest BCUT2D eigenvalue weighted by atomic mass is 10.0. The highest BCUT2D eigenvalue weighted by molar-refractivity contribution is 5.79. The van der Waals surface area contributed by atoms with Gasteiger partial charge < -0.3 is 20.1 Å². The zero-order valence-corrected chi connectivity index (χ0v) is 9.78. The van der Waals surface area contributed by atoms with Crippen molar-refractivity contribution < 1.29 is 14.3 Å². The normalized spacial score (nSPS) is 35.4. The topological polar surface area (TPSA) is 64.8 Å². The Bertz CT molecular complexity index is 266. The summed E-state index contributed by atoms with van der Waals surface area (Å²) in [6.45, 7) is 5.51. The number of hydrogen-bond donors (Lipinski definition) is 1. The maximum atomic E-state index is 12.2. The Labute approximate surface area is 95.9 Å². The Morgan fingerprint density at radius 3 is 3.00 bits per heavy atom. The molecule has 2 aliphatic heterocycles. The molecule has 2 N–H and O–H groups in total. The van der Waals surface area contributed by atoms with Crippen LogP contribution in [0.3, 0.4) is 0 Å². The Morgan fingerprint density at radius 1 is 1.56 bits per heavy atom. The van der Waals surface area contributed by atoms with Crippen LogP contribution in [0.2, 0.25) is 0 Å². The number of carbonyl (C=O) groups is 1. The molecule has 1 amide bonds. The van der Waals surface area contributed by atoms with Gasteiger partial charge in [-0.05, 0) is 13.3 Å². The molecule has 2 aliphatic rings. The quantitative estimate of drug-likeness (QED) is 0.698. The fraction of sp³-hybridized carbons (Fsp3) is 0.909. The van der Waals surface area contributed by atoms with E-state index >= 15 is 0 Å². The van der Waals surface area contributed by atoms with E-state index in [0.717, 1.165) is 6.42 Å². The van der Waals surface area contributed by atoms with Gasteiger partial charge >= 0.3 is 0 Å². The molecule has 2 atom stereocenters. The number of nitrogens with zero attached hydrogens (tertiary/aromatic N) is 1. The number of morpholine rings is 1. The molecule has 5 heteroatoms. The number of nitrogens with two attached hydrogens (primary N) is 1. The lowest BCUT2D eigenvalue weighted by Crippen LogP contribution is -2.56. The van der Waals surface area contributed by atoms with E-state index in [-0.39, 0.29) is 17.4 Å². The first-order chi connectivity index (χ1) is 7.64. The number of ether oxygens (including phenoxy) is 2. The van der Waals surface area contributed by atoms with Gasteiger partial charge in [-0.3, -0.25) is 4.79 Å². The minimum atomic E-state index is -0.382. The zero-order chi connectivity index (χ0) is 11.6. The maximum absolute atomic E-state index is 12.2. The molecule has 0 aromatic rings. The molecule has 2 rings (SSSR count). The predicted molar refractivity (Wildman–Crippen MR) is 58.9 cm³/mol. The standard InChI is InChI=1S/C11H20N2O3/c1-11(7-12)8-13(3-5-16-11)10(14)9-2-4-15-6-9/h9H,2-8,12H2,1H3. The Hall–Kier alpha value is -0.650. The zero-order valence-electron chi connectivity index (χ0n) is 9.78. The van der Waals surface area contributed by atoms with E-state index in [0.29, 0.717) is 39.5 Å². The van der Waals surface area contributed by atoms with E-state index in [9.17, 15) is 4.79 Å². The van der Waals surface area contributed by atoms with Crippen molar-refractivity contribution in [1.82, 2.24) is 4.90 Å². The van der Waals surface area contributed by atoms with Gasteiger partial charge in [-0.2, -0.15) is 0 Å². The third-order valence-electron chi connectivity index (χ3n) is 3.36. The monoisotopic (exact) mass is 228 g/mol. The Morgan fingerprint density at radius 2 is 2.38 bits per heavy atom. The third kappa shape index (κ3) is 2.36. The lowest BCUT2D eigenvalue weighted by molar-refractivity contribution is -0.150. The second-order valence-electron chi connectivity index (χ2n) is 4.82. The van der Waals surface area contributed by atoms with Crippen LogP contribution >= 0.6 is 0 Å². The van der Waals surface area contributed by atoms with E-state index < -0.39 is 0 Å². The summed E-state index contributed by atoms with van der Waals surface area (Å²) in [5.74, 6) is 0.237. The van der Waals surface area contributed by atoms with E-state index in [1.54, 1.807) is 0 Å². The van der Waals surface area contributed by atoms with Crippen LogP contribution in [0, 0.1) is 5.92 Å². The van der Waals surface area contributed by atoms with Crippen LogP contribution in [-0.2, 0) is 14.3 Å². The first-order valence-corrected chi connectivity index (χ1v) is 5.85. The van der Waals surface area contributed by atoms with E-state index in [2.05, 4.69) is 0 Å². The maximum Gasteiger partial charge on any atom is 0.228 e. The molecule has 2 heterocycles. The van der Waals surface area contributed by atoms with Crippen molar-refractivity contribution in [1.29, 1.82) is 0 Å². The van der Waals surface area contributed by atoms with Crippen molar-refractivity contribution in [2.75, 3.05) is 39.5 Å². The van der Waals surface area contributed by atoms with Crippen molar-refractivity contribution in [3.63, 3.8) is 0 Å². The van der Waals surface area contributed by atoms with Crippen LogP contribution in [0.4, 0.5) is 0 Å². The summed E-state index contributed by atoms with van der Waals surface area (Å²) in [4.78, 5) is 14.0. The number of hydrogen-bond acceptors (Lipinski definition) is 4. The van der Waals surface area contributed by atoms with E-state index in [1.807, 2.05) is 11.8 Å². The minimum absolute atomic E-state index is 0.0418. The number of carbonyl (C=O) groups excluding carboxylic acids is 1. The largest absolute Gasteiger partial charge is 0.381 e. The Balaban J connectivity index is 1.95. The number of rotatable bonds is 2. The molecule has 2 unspecified atom stereocenters. The van der Waals surface area contributed by atoms with Crippen molar-refractivity contribution in [2.45, 2.75) is 18.9 Å². The molecule has 0 saturated carbocycles. The summed E-state index contributed by atoms with van der Waals surface area (Å²) in [6, 6.07) is 0. The highest BCUT2D eigenvalue weighted by Gasteiger charge is 2.36. The van der Waals surface area contributed by atoms with Gasteiger partial charge in [0.05, 0.1) is 31.3 Å². The highest BCUT2D eigenvalue weighted by Crippen LogP contribution is 2.21. The van der Waals surface area contributed by atoms with Crippen molar-refractivity contribution in [3.8, 4) is 0 Å². The molecule has 5 nitrogen and oxygen atoms in total. The van der Waals surface area contributed by atoms with Crippen LogP contribution in [0.15, 0.2) is 0 Å². The van der Waals surface area contributed by atoms with E-state index in [1.165, 1.54) is 0 Å². The first-order valence-electron chi connectivity index (χ1n) is 5.85. The molecular formula is C11H20N2O3. The molecule has 92 valence electrons. The van der Waals surface area contributed by atoms with Crippen LogP contribution in [0.25, 0.3) is 0 Å². The summed E-state index contributed by atoms with van der Waals surface area (Å²) in [6.07, 6.45) is 0.843. The van der Waals surface area contributed by atoms with Gasteiger partial charge in [-0.15, -0.1) is 0 Å². The fourth-order valence-electron chi connectivity index (χ4n) is 2.23. The molecule has 0 spiro atoms. The van der Waals surface area contributed by atoms with Gasteiger partial charge in [0, 0.05) is 19.7 Å². The molecule has 0 radical (unpaired) electrons. The summed E-state index contributed by atoms with van der Waals surface area (Å²) >= 11 is 0. The summed E-state index contributed by atoms with van der Waals surface area (Å²) in [7, 11) is 0. The Kier molecular flexibility index (Phi) is 3.47. The van der Waals surface area contributed by atoms with Gasteiger partial charge in [-0.1, -0.05) is 0 Å². The van der Waals surface area contributed by atoms with Gasteiger partial charge in [0.2, 0.25) is 5.91 Å². The smallest absolute Gasteiger partial charge is 0.228 e. The van der Waals surface area contributed by atoms with Crippen LogP contribution in [-0.4, -0.2) is 55.9 Å². The van der Waals surface area contributed by atoms with Gasteiger partial charge in [-0.25, -0.2) is 0 Å². The molecule has 0 aromatic heterocycles. The number of amides is 1. The minimum Gasteiger partial charge on any atom is -0.381 e. The molecule has 0 aromatic carbocycles. The lowest BCUT2D eigenvalue weighted by Gasteiger charge is -2.40. The molecule has 0 bridgehead atoms. The second kappa shape index (κ2) is 4.69. The molecule has 0 aliphatic carbocycles. The van der Waals surface area contributed by atoms with Crippen molar-refractivity contribution in [3.05, 3.63) is 0 Å². The predicted octanol–water partition coefficient (Wildman–Crippen LogP) is -0.401. The molecule has 2 saturated heterocycles. The van der Waals surface area contributed by atoms with Crippen LogP contribution in [0.5, 0.6) is 0 Å². The molecular weight excluding hydrogens is 208 g/mol. The van der Waals surface area contributed by atoms with Gasteiger partial charge in [0.15, 0.2) is 0 Å². The van der Waals surface area contributed by atoms with Crippen LogP contribution < -0.4 is 5.73 Å². The van der Waals surface area contributed by atoms with Gasteiger partial charge in [0.25, 0.3) is 0 Å². The van der Waals surface area contributed by atoms with Crippen molar-refractivity contribution >= 4 is 5.91 Å². The summed E-state index contributed by atoms with van der Waals surface area (Å²) in [5, 5.41) is 0. The van der Waals surface area contributed by atoms with Gasteiger partial charge in [0.1, 0.15) is 0 Å². The van der Waals surface area contributed by atoms with E-state index in [4.69, 9.17) is 15.2 Å². The highest BCUT2D eigenvalue weighted by atomic mass is 16.5. The molecule has 16 heavy (non-hydrogen) atoms. The van der Waals surface area contributed by atoms with Crippen LogP contribution in [0.1, 0.15) is 13.3 Å². The average Bonchev–Trinajstić information content (AvgIpc) is 2.82. The fourth-order valence-corrected chi connectivity index (χ4v) is 2.23. The van der Waals surface area contributed by atoms with Crippen molar-refractivity contribution in [2.24, 2.45) is 11.7 Å². The first kappa shape index (κ1) is 11.8. The molecule has 2 fully saturated rings. The SMILES string of the molecule is CC1(CN)CN(C(=O)C2CCOC2)CCO1. The summed E-state index contributed by atoms with van der Waals surface area (Å²) < 4.78 is 10.9.